The number of hydrogen-bond donors (Lipinski definition) is 0. The van der Waals surface area contributed by atoms with Crippen molar-refractivity contribution in [1.29, 1.82) is 0 Å². The third-order valence-electron chi connectivity index (χ3n) is 3.79. The summed E-state index contributed by atoms with van der Waals surface area (Å²) < 4.78 is 44.9. The number of piperazine rings is 1. The van der Waals surface area contributed by atoms with Gasteiger partial charge in [-0.3, -0.25) is 4.90 Å². The lowest BCUT2D eigenvalue weighted by molar-refractivity contribution is 0.163. The Bertz CT molecular complexity index is 834. The number of hydrogen-bond acceptors (Lipinski definition) is 6. The second kappa shape index (κ2) is 6.75. The summed E-state index contributed by atoms with van der Waals surface area (Å²) in [6, 6.07) is 3.42. The van der Waals surface area contributed by atoms with E-state index in [0.29, 0.717) is 44.4 Å². The van der Waals surface area contributed by atoms with Gasteiger partial charge < -0.3 is 4.52 Å². The highest BCUT2D eigenvalue weighted by atomic mass is 35.5. The Morgan fingerprint density at radius 2 is 2.00 bits per heavy atom. The van der Waals surface area contributed by atoms with E-state index in [1.807, 2.05) is 4.90 Å². The van der Waals surface area contributed by atoms with Gasteiger partial charge in [0.2, 0.25) is 15.9 Å². The van der Waals surface area contributed by atoms with Crippen LogP contribution in [0.2, 0.25) is 5.02 Å². The second-order valence-electron chi connectivity index (χ2n) is 5.49. The molecule has 0 radical (unpaired) electrons. The first-order valence-corrected chi connectivity index (χ1v) is 9.15. The number of rotatable bonds is 4. The molecule has 2 aromatic rings. The van der Waals surface area contributed by atoms with Gasteiger partial charge in [-0.25, -0.2) is 12.8 Å². The predicted molar refractivity (Wildman–Crippen MR) is 84.5 cm³/mol. The minimum absolute atomic E-state index is 0.00474. The normalized spacial score (nSPS) is 17.3. The molecular weight excluding hydrogens is 359 g/mol. The van der Waals surface area contributed by atoms with Crippen LogP contribution < -0.4 is 0 Å². The molecule has 1 aromatic carbocycles. The van der Waals surface area contributed by atoms with E-state index >= 15 is 0 Å². The van der Waals surface area contributed by atoms with Gasteiger partial charge in [-0.05, 0) is 25.1 Å². The van der Waals surface area contributed by atoms with Crippen molar-refractivity contribution in [2.75, 3.05) is 26.2 Å². The van der Waals surface area contributed by atoms with E-state index in [2.05, 4.69) is 10.1 Å². The van der Waals surface area contributed by atoms with Gasteiger partial charge in [0, 0.05) is 26.2 Å². The number of aromatic nitrogens is 2. The fraction of sp³-hybridized carbons (Fsp3) is 0.429. The number of nitrogens with zero attached hydrogens (tertiary/aromatic N) is 4. The van der Waals surface area contributed by atoms with E-state index in [1.165, 1.54) is 10.4 Å². The van der Waals surface area contributed by atoms with Crippen LogP contribution in [0, 0.1) is 12.7 Å². The standard InChI is InChI=1S/C14H16ClFN4O3S/c1-10-17-14(23-18-10)9-19-4-6-20(7-5-19)24(21,22)11-2-3-13(16)12(15)8-11/h2-3,8H,4-7,9H2,1H3. The van der Waals surface area contributed by atoms with Crippen LogP contribution in [0.1, 0.15) is 11.7 Å². The summed E-state index contributed by atoms with van der Waals surface area (Å²) in [6.45, 7) is 3.95. The number of aryl methyl sites for hydroxylation is 1. The molecule has 10 heteroatoms. The molecule has 0 atom stereocenters. The molecule has 0 N–H and O–H groups in total. The van der Waals surface area contributed by atoms with Crippen molar-refractivity contribution in [3.05, 3.63) is 40.8 Å². The molecule has 0 unspecified atom stereocenters. The molecule has 1 fully saturated rings. The van der Waals surface area contributed by atoms with E-state index in [9.17, 15) is 12.8 Å². The smallest absolute Gasteiger partial charge is 0.243 e. The number of sulfonamides is 1. The van der Waals surface area contributed by atoms with Gasteiger partial charge in [-0.2, -0.15) is 9.29 Å². The first kappa shape index (κ1) is 17.3. The molecule has 24 heavy (non-hydrogen) atoms. The highest BCUT2D eigenvalue weighted by Gasteiger charge is 2.29. The minimum atomic E-state index is -3.69. The fourth-order valence-corrected chi connectivity index (χ4v) is 4.20. The van der Waals surface area contributed by atoms with E-state index in [0.717, 1.165) is 12.1 Å². The molecule has 1 aliphatic heterocycles. The van der Waals surface area contributed by atoms with Gasteiger partial charge >= 0.3 is 0 Å². The molecule has 1 aliphatic rings. The van der Waals surface area contributed by atoms with Crippen LogP contribution in [-0.2, 0) is 16.6 Å². The van der Waals surface area contributed by atoms with Crippen LogP contribution in [0.15, 0.2) is 27.6 Å². The topological polar surface area (TPSA) is 79.5 Å². The molecule has 130 valence electrons. The molecule has 0 aliphatic carbocycles. The maximum atomic E-state index is 13.2. The van der Waals surface area contributed by atoms with Crippen molar-refractivity contribution in [2.24, 2.45) is 0 Å². The van der Waals surface area contributed by atoms with Crippen LogP contribution in [0.25, 0.3) is 0 Å². The van der Waals surface area contributed by atoms with Gasteiger partial charge in [-0.15, -0.1) is 0 Å². The Hall–Kier alpha value is -1.55. The molecular formula is C14H16ClFN4O3S. The summed E-state index contributed by atoms with van der Waals surface area (Å²) in [4.78, 5) is 6.17. The summed E-state index contributed by atoms with van der Waals surface area (Å²) in [5.74, 6) is 0.434. The third-order valence-corrected chi connectivity index (χ3v) is 5.97. The van der Waals surface area contributed by atoms with Crippen molar-refractivity contribution in [3.63, 3.8) is 0 Å². The summed E-state index contributed by atoms with van der Waals surface area (Å²) in [6.07, 6.45) is 0. The Kier molecular flexibility index (Phi) is 4.86. The number of halogens is 2. The average Bonchev–Trinajstić information content (AvgIpc) is 2.95. The Morgan fingerprint density at radius 1 is 1.29 bits per heavy atom. The van der Waals surface area contributed by atoms with Crippen LogP contribution in [0.5, 0.6) is 0 Å². The molecule has 0 spiro atoms. The Labute approximate surface area is 144 Å². The predicted octanol–water partition coefficient (Wildman–Crippen LogP) is 1.68. The Balaban J connectivity index is 1.65. The zero-order chi connectivity index (χ0) is 17.3. The van der Waals surface area contributed by atoms with Crippen molar-refractivity contribution in [2.45, 2.75) is 18.4 Å². The monoisotopic (exact) mass is 374 g/mol. The van der Waals surface area contributed by atoms with E-state index in [4.69, 9.17) is 16.1 Å². The highest BCUT2D eigenvalue weighted by molar-refractivity contribution is 7.89. The van der Waals surface area contributed by atoms with Crippen molar-refractivity contribution in [3.8, 4) is 0 Å². The zero-order valence-corrected chi connectivity index (χ0v) is 14.5. The van der Waals surface area contributed by atoms with Crippen LogP contribution in [0.4, 0.5) is 4.39 Å². The average molecular weight is 375 g/mol. The van der Waals surface area contributed by atoms with E-state index in [1.54, 1.807) is 6.92 Å². The van der Waals surface area contributed by atoms with Gasteiger partial charge in [0.05, 0.1) is 16.5 Å². The lowest BCUT2D eigenvalue weighted by Gasteiger charge is -2.33. The Morgan fingerprint density at radius 3 is 2.58 bits per heavy atom. The van der Waals surface area contributed by atoms with Crippen molar-refractivity contribution < 1.29 is 17.3 Å². The third kappa shape index (κ3) is 3.59. The summed E-state index contributed by atoms with van der Waals surface area (Å²) in [5.41, 5.74) is 0. The second-order valence-corrected chi connectivity index (χ2v) is 7.84. The molecule has 2 heterocycles. The maximum absolute atomic E-state index is 13.2. The van der Waals surface area contributed by atoms with Crippen molar-refractivity contribution >= 4 is 21.6 Å². The summed E-state index contributed by atoms with van der Waals surface area (Å²) >= 11 is 5.68. The molecule has 0 saturated carbocycles. The van der Waals surface area contributed by atoms with Gasteiger partial charge in [0.1, 0.15) is 5.82 Å². The van der Waals surface area contributed by atoms with Gasteiger partial charge in [0.25, 0.3) is 0 Å². The van der Waals surface area contributed by atoms with E-state index < -0.39 is 15.8 Å². The summed E-state index contributed by atoms with van der Waals surface area (Å²) in [7, 11) is -3.69. The fourth-order valence-electron chi connectivity index (χ4n) is 2.51. The van der Waals surface area contributed by atoms with Crippen LogP contribution in [0.3, 0.4) is 0 Å². The SMILES string of the molecule is Cc1noc(CN2CCN(S(=O)(=O)c3ccc(F)c(Cl)c3)CC2)n1. The quantitative estimate of drug-likeness (QED) is 0.810. The largest absolute Gasteiger partial charge is 0.338 e. The molecule has 3 rings (SSSR count). The minimum Gasteiger partial charge on any atom is -0.338 e. The summed E-state index contributed by atoms with van der Waals surface area (Å²) in [5, 5.41) is 3.52. The first-order valence-electron chi connectivity index (χ1n) is 7.33. The van der Waals surface area contributed by atoms with Crippen LogP contribution in [-0.4, -0.2) is 53.9 Å². The lowest BCUT2D eigenvalue weighted by atomic mass is 10.3. The van der Waals surface area contributed by atoms with Gasteiger partial charge in [-0.1, -0.05) is 16.8 Å². The maximum Gasteiger partial charge on any atom is 0.243 e. The van der Waals surface area contributed by atoms with E-state index in [-0.39, 0.29) is 9.92 Å². The van der Waals surface area contributed by atoms with Gasteiger partial charge in [0.15, 0.2) is 5.82 Å². The number of benzene rings is 1. The lowest BCUT2D eigenvalue weighted by Crippen LogP contribution is -2.48. The highest BCUT2D eigenvalue weighted by Crippen LogP contribution is 2.23. The molecule has 1 saturated heterocycles. The molecule has 0 bridgehead atoms. The first-order chi connectivity index (χ1) is 11.4. The van der Waals surface area contributed by atoms with Crippen LogP contribution >= 0.6 is 11.6 Å². The molecule has 0 amide bonds. The van der Waals surface area contributed by atoms with Crippen molar-refractivity contribution in [1.82, 2.24) is 19.3 Å². The molecule has 7 nitrogen and oxygen atoms in total. The zero-order valence-electron chi connectivity index (χ0n) is 12.9. The molecule has 1 aromatic heterocycles.